The standard InChI is InChI=1S/C8H14Br2O2/c1-6(2)8(11)12-7(10)4-3-5-9/h6-7H,3-5H2,1-2H3. The summed E-state index contributed by atoms with van der Waals surface area (Å²) in [5.41, 5.74) is 0. The minimum absolute atomic E-state index is 0.0472. The summed E-state index contributed by atoms with van der Waals surface area (Å²) < 4.78 is 5.07. The highest BCUT2D eigenvalue weighted by atomic mass is 79.9. The second kappa shape index (κ2) is 6.89. The average Bonchev–Trinajstić information content (AvgIpc) is 2.00. The number of carbonyl (C=O) groups excluding carboxylic acids is 1. The summed E-state index contributed by atoms with van der Waals surface area (Å²) in [6.07, 6.45) is 1.85. The Morgan fingerprint density at radius 1 is 1.50 bits per heavy atom. The minimum Gasteiger partial charge on any atom is -0.451 e. The number of halogens is 2. The molecule has 72 valence electrons. The fraction of sp³-hybridized carbons (Fsp3) is 0.875. The molecule has 0 bridgehead atoms. The molecule has 1 atom stereocenters. The lowest BCUT2D eigenvalue weighted by molar-refractivity contribution is -0.148. The number of esters is 1. The van der Waals surface area contributed by atoms with Gasteiger partial charge in [-0.05, 0) is 28.8 Å². The number of rotatable bonds is 5. The van der Waals surface area contributed by atoms with Crippen LogP contribution in [0.15, 0.2) is 0 Å². The number of ether oxygens (including phenoxy) is 1. The molecule has 0 aromatic rings. The van der Waals surface area contributed by atoms with Crippen molar-refractivity contribution >= 4 is 37.8 Å². The Hall–Kier alpha value is 0.430. The highest BCUT2D eigenvalue weighted by Crippen LogP contribution is 2.12. The van der Waals surface area contributed by atoms with Gasteiger partial charge in [0.05, 0.1) is 5.92 Å². The van der Waals surface area contributed by atoms with Gasteiger partial charge in [-0.25, -0.2) is 0 Å². The van der Waals surface area contributed by atoms with E-state index in [1.165, 1.54) is 0 Å². The molecule has 12 heavy (non-hydrogen) atoms. The van der Waals surface area contributed by atoms with E-state index < -0.39 is 0 Å². The van der Waals surface area contributed by atoms with Crippen LogP contribution in [-0.4, -0.2) is 16.3 Å². The fourth-order valence-electron chi connectivity index (χ4n) is 0.559. The van der Waals surface area contributed by atoms with Gasteiger partial charge in [0.2, 0.25) is 0 Å². The summed E-state index contributed by atoms with van der Waals surface area (Å²) >= 11 is 6.60. The maximum Gasteiger partial charge on any atom is 0.309 e. The van der Waals surface area contributed by atoms with E-state index in [-0.39, 0.29) is 16.9 Å². The van der Waals surface area contributed by atoms with Crippen molar-refractivity contribution in [3.8, 4) is 0 Å². The van der Waals surface area contributed by atoms with Gasteiger partial charge >= 0.3 is 5.97 Å². The van der Waals surface area contributed by atoms with E-state index >= 15 is 0 Å². The summed E-state index contributed by atoms with van der Waals surface area (Å²) in [6, 6.07) is 0. The quantitative estimate of drug-likeness (QED) is 0.576. The van der Waals surface area contributed by atoms with Gasteiger partial charge in [-0.2, -0.15) is 0 Å². The number of hydrogen-bond donors (Lipinski definition) is 0. The van der Waals surface area contributed by atoms with Gasteiger partial charge in [0.25, 0.3) is 0 Å². The van der Waals surface area contributed by atoms with Crippen LogP contribution in [0.4, 0.5) is 0 Å². The average molecular weight is 302 g/mol. The Kier molecular flexibility index (Phi) is 7.14. The maximum absolute atomic E-state index is 11.1. The Morgan fingerprint density at radius 2 is 2.08 bits per heavy atom. The van der Waals surface area contributed by atoms with Crippen molar-refractivity contribution in [1.29, 1.82) is 0 Å². The molecule has 0 aliphatic carbocycles. The summed E-state index contributed by atoms with van der Waals surface area (Å²) in [5, 5.41) is 0.805. The normalized spacial score (nSPS) is 13.1. The van der Waals surface area contributed by atoms with Crippen molar-refractivity contribution in [1.82, 2.24) is 0 Å². The van der Waals surface area contributed by atoms with Gasteiger partial charge in [-0.15, -0.1) is 0 Å². The van der Waals surface area contributed by atoms with Crippen molar-refractivity contribution in [3.05, 3.63) is 0 Å². The van der Waals surface area contributed by atoms with E-state index in [2.05, 4.69) is 31.9 Å². The molecule has 4 heteroatoms. The van der Waals surface area contributed by atoms with Crippen LogP contribution in [-0.2, 0) is 9.53 Å². The topological polar surface area (TPSA) is 26.3 Å². The molecular weight excluding hydrogens is 288 g/mol. The van der Waals surface area contributed by atoms with Gasteiger partial charge < -0.3 is 4.74 Å². The van der Waals surface area contributed by atoms with E-state index in [1.807, 2.05) is 13.8 Å². The third-order valence-corrected chi connectivity index (χ3v) is 2.49. The highest BCUT2D eigenvalue weighted by Gasteiger charge is 2.13. The summed E-state index contributed by atoms with van der Waals surface area (Å²) in [6.45, 7) is 3.65. The zero-order valence-electron chi connectivity index (χ0n) is 7.35. The van der Waals surface area contributed by atoms with E-state index in [0.29, 0.717) is 0 Å². The van der Waals surface area contributed by atoms with Gasteiger partial charge in [0.1, 0.15) is 0 Å². The van der Waals surface area contributed by atoms with Gasteiger partial charge in [-0.1, -0.05) is 29.8 Å². The van der Waals surface area contributed by atoms with Crippen LogP contribution in [0.25, 0.3) is 0 Å². The van der Waals surface area contributed by atoms with Crippen LogP contribution in [0, 0.1) is 5.92 Å². The number of hydrogen-bond acceptors (Lipinski definition) is 2. The monoisotopic (exact) mass is 300 g/mol. The second-order valence-electron chi connectivity index (χ2n) is 2.83. The van der Waals surface area contributed by atoms with Crippen LogP contribution < -0.4 is 0 Å². The van der Waals surface area contributed by atoms with E-state index in [4.69, 9.17) is 4.74 Å². The number of carbonyl (C=O) groups is 1. The Labute approximate surface area is 90.3 Å². The summed E-state index contributed by atoms with van der Waals surface area (Å²) in [4.78, 5) is 11.1. The first-order valence-corrected chi connectivity index (χ1v) is 6.02. The molecule has 0 fully saturated rings. The van der Waals surface area contributed by atoms with Crippen molar-refractivity contribution in [2.75, 3.05) is 5.33 Å². The fourth-order valence-corrected chi connectivity index (χ4v) is 1.39. The number of alkyl halides is 2. The van der Waals surface area contributed by atoms with Crippen LogP contribution in [0.2, 0.25) is 0 Å². The molecule has 0 aromatic heterocycles. The molecule has 0 aliphatic rings. The molecule has 1 unspecified atom stereocenters. The molecular formula is C8H14Br2O2. The highest BCUT2D eigenvalue weighted by molar-refractivity contribution is 9.09. The van der Waals surface area contributed by atoms with E-state index in [0.717, 1.165) is 18.2 Å². The summed E-state index contributed by atoms with van der Waals surface area (Å²) in [5.74, 6) is -0.194. The SMILES string of the molecule is CC(C)C(=O)OC(Br)CCCBr. The van der Waals surface area contributed by atoms with Crippen molar-refractivity contribution < 1.29 is 9.53 Å². The smallest absolute Gasteiger partial charge is 0.309 e. The second-order valence-corrected chi connectivity index (χ2v) is 4.65. The van der Waals surface area contributed by atoms with Gasteiger partial charge in [-0.3, -0.25) is 4.79 Å². The first kappa shape index (κ1) is 12.4. The van der Waals surface area contributed by atoms with Crippen LogP contribution in [0.1, 0.15) is 26.7 Å². The summed E-state index contributed by atoms with van der Waals surface area (Å²) in [7, 11) is 0. The molecule has 0 spiro atoms. The van der Waals surface area contributed by atoms with Gasteiger partial charge in [0, 0.05) is 5.33 Å². The van der Waals surface area contributed by atoms with Crippen molar-refractivity contribution in [2.45, 2.75) is 31.7 Å². The largest absolute Gasteiger partial charge is 0.451 e. The molecule has 0 radical (unpaired) electrons. The van der Waals surface area contributed by atoms with Gasteiger partial charge in [0.15, 0.2) is 5.01 Å². The molecule has 0 N–H and O–H groups in total. The van der Waals surface area contributed by atoms with Crippen LogP contribution >= 0.6 is 31.9 Å². The zero-order chi connectivity index (χ0) is 9.56. The molecule has 0 rings (SSSR count). The molecule has 0 aliphatic heterocycles. The zero-order valence-corrected chi connectivity index (χ0v) is 10.5. The first-order valence-electron chi connectivity index (χ1n) is 3.98. The lowest BCUT2D eigenvalue weighted by atomic mass is 10.2. The Morgan fingerprint density at radius 3 is 2.50 bits per heavy atom. The molecule has 0 saturated heterocycles. The predicted molar refractivity (Wildman–Crippen MR) is 56.7 cm³/mol. The Balaban J connectivity index is 3.54. The van der Waals surface area contributed by atoms with Crippen molar-refractivity contribution in [3.63, 3.8) is 0 Å². The maximum atomic E-state index is 11.1. The molecule has 0 heterocycles. The van der Waals surface area contributed by atoms with Crippen LogP contribution in [0.5, 0.6) is 0 Å². The third kappa shape index (κ3) is 6.00. The van der Waals surface area contributed by atoms with E-state index in [1.54, 1.807) is 0 Å². The lowest BCUT2D eigenvalue weighted by Crippen LogP contribution is -2.17. The molecule has 0 amide bonds. The van der Waals surface area contributed by atoms with Crippen molar-refractivity contribution in [2.24, 2.45) is 5.92 Å². The van der Waals surface area contributed by atoms with Crippen LogP contribution in [0.3, 0.4) is 0 Å². The predicted octanol–water partition coefficient (Wildman–Crippen LogP) is 3.08. The first-order chi connectivity index (χ1) is 5.57. The Bertz CT molecular complexity index is 137. The lowest BCUT2D eigenvalue weighted by Gasteiger charge is -2.12. The molecule has 0 saturated carbocycles. The third-order valence-electron chi connectivity index (χ3n) is 1.28. The van der Waals surface area contributed by atoms with E-state index in [9.17, 15) is 4.79 Å². The molecule has 2 nitrogen and oxygen atoms in total. The molecule has 0 aromatic carbocycles. The minimum atomic E-state index is -0.147.